The van der Waals surface area contributed by atoms with Crippen molar-refractivity contribution in [1.29, 1.82) is 0 Å². The van der Waals surface area contributed by atoms with Gasteiger partial charge in [-0.25, -0.2) is 0 Å². The Morgan fingerprint density at radius 2 is 2.16 bits per heavy atom. The molecule has 0 saturated carbocycles. The summed E-state index contributed by atoms with van der Waals surface area (Å²) in [7, 11) is 0. The van der Waals surface area contributed by atoms with Crippen molar-refractivity contribution in [1.82, 2.24) is 4.98 Å². The number of nitrogens with zero attached hydrogens (tertiary/aromatic N) is 2. The van der Waals surface area contributed by atoms with Crippen LogP contribution in [0.1, 0.15) is 39.5 Å². The lowest BCUT2D eigenvalue weighted by atomic mass is 9.98. The van der Waals surface area contributed by atoms with Gasteiger partial charge in [-0.15, -0.1) is 0 Å². The Kier molecular flexibility index (Phi) is 4.88. The number of nitrogen functional groups attached to an aromatic ring is 1. The van der Waals surface area contributed by atoms with Crippen LogP contribution in [0.15, 0.2) is 12.1 Å². The summed E-state index contributed by atoms with van der Waals surface area (Å²) in [5, 5.41) is 0. The second-order valence-corrected chi connectivity index (χ2v) is 5.19. The predicted molar refractivity (Wildman–Crippen MR) is 79.7 cm³/mol. The normalized spacial score (nSPS) is 20.1. The Hall–Kier alpha value is -1.45. The number of ether oxygens (including phenoxy) is 1. The average Bonchev–Trinajstić information content (AvgIpc) is 2.67. The quantitative estimate of drug-likeness (QED) is 0.907. The molecule has 1 aliphatic rings. The van der Waals surface area contributed by atoms with Gasteiger partial charge in [0.15, 0.2) is 0 Å². The molecule has 1 aromatic rings. The van der Waals surface area contributed by atoms with Crippen molar-refractivity contribution < 1.29 is 4.74 Å². The molecule has 1 fully saturated rings. The van der Waals surface area contributed by atoms with Crippen LogP contribution in [0.5, 0.6) is 5.88 Å². The molecule has 2 heterocycles. The van der Waals surface area contributed by atoms with Gasteiger partial charge in [-0.2, -0.15) is 4.98 Å². The van der Waals surface area contributed by atoms with Gasteiger partial charge in [0, 0.05) is 13.1 Å². The molecule has 4 heteroatoms. The van der Waals surface area contributed by atoms with Crippen LogP contribution in [-0.2, 0) is 0 Å². The van der Waals surface area contributed by atoms with Crippen molar-refractivity contribution in [2.24, 2.45) is 5.92 Å². The summed E-state index contributed by atoms with van der Waals surface area (Å²) in [6, 6.07) is 3.90. The van der Waals surface area contributed by atoms with Gasteiger partial charge in [-0.3, -0.25) is 0 Å². The first-order valence-corrected chi connectivity index (χ1v) is 7.38. The highest BCUT2D eigenvalue weighted by Crippen LogP contribution is 2.27. The Labute approximate surface area is 116 Å². The van der Waals surface area contributed by atoms with Crippen LogP contribution < -0.4 is 15.4 Å². The second kappa shape index (κ2) is 6.64. The van der Waals surface area contributed by atoms with Crippen molar-refractivity contribution in [3.05, 3.63) is 12.1 Å². The van der Waals surface area contributed by atoms with Crippen LogP contribution in [0.25, 0.3) is 0 Å². The molecule has 2 rings (SSSR count). The minimum Gasteiger partial charge on any atom is -0.476 e. The molecule has 0 aliphatic carbocycles. The van der Waals surface area contributed by atoms with Crippen molar-refractivity contribution in [3.63, 3.8) is 0 Å². The van der Waals surface area contributed by atoms with E-state index in [1.165, 1.54) is 25.7 Å². The summed E-state index contributed by atoms with van der Waals surface area (Å²) >= 11 is 0. The zero-order chi connectivity index (χ0) is 13.7. The first-order chi connectivity index (χ1) is 9.24. The molecule has 1 aliphatic heterocycles. The maximum Gasteiger partial charge on any atom is 0.239 e. The predicted octanol–water partition coefficient (Wildman–Crippen LogP) is 3.08. The number of anilines is 2. The number of hydrogen-bond acceptors (Lipinski definition) is 4. The molecule has 0 bridgehead atoms. The van der Waals surface area contributed by atoms with Gasteiger partial charge in [0.1, 0.15) is 5.82 Å². The smallest absolute Gasteiger partial charge is 0.239 e. The lowest BCUT2D eigenvalue weighted by Gasteiger charge is -2.22. The maximum atomic E-state index is 5.87. The number of pyridine rings is 1. The number of nitrogens with two attached hydrogens (primary N) is 1. The Bertz CT molecular complexity index is 408. The minimum atomic E-state index is 0.566. The van der Waals surface area contributed by atoms with E-state index in [0.29, 0.717) is 18.2 Å². The summed E-state index contributed by atoms with van der Waals surface area (Å²) in [6.07, 6.45) is 5.12. The standard InChI is InChI=1S/C15H25N3O/c1-3-12-6-5-10-18(11-9-12)14-8-7-13(16)15(17-14)19-4-2/h7-8,12H,3-6,9-11,16H2,1-2H3. The van der Waals surface area contributed by atoms with Gasteiger partial charge in [0.25, 0.3) is 0 Å². The van der Waals surface area contributed by atoms with E-state index in [1.807, 2.05) is 19.1 Å². The summed E-state index contributed by atoms with van der Waals surface area (Å²) < 4.78 is 5.48. The van der Waals surface area contributed by atoms with Gasteiger partial charge < -0.3 is 15.4 Å². The second-order valence-electron chi connectivity index (χ2n) is 5.19. The largest absolute Gasteiger partial charge is 0.476 e. The van der Waals surface area contributed by atoms with Crippen LogP contribution in [-0.4, -0.2) is 24.7 Å². The topological polar surface area (TPSA) is 51.4 Å². The highest BCUT2D eigenvalue weighted by atomic mass is 16.5. The lowest BCUT2D eigenvalue weighted by Crippen LogP contribution is -2.25. The van der Waals surface area contributed by atoms with Crippen LogP contribution >= 0.6 is 0 Å². The first kappa shape index (κ1) is 14.0. The first-order valence-electron chi connectivity index (χ1n) is 7.38. The summed E-state index contributed by atoms with van der Waals surface area (Å²) in [6.45, 7) is 7.00. The fraction of sp³-hybridized carbons (Fsp3) is 0.667. The van der Waals surface area contributed by atoms with E-state index < -0.39 is 0 Å². The molecular formula is C15H25N3O. The monoisotopic (exact) mass is 263 g/mol. The van der Waals surface area contributed by atoms with Crippen LogP contribution in [0.4, 0.5) is 11.5 Å². The van der Waals surface area contributed by atoms with E-state index in [9.17, 15) is 0 Å². The Morgan fingerprint density at radius 1 is 1.32 bits per heavy atom. The van der Waals surface area contributed by atoms with Crippen LogP contribution in [0.2, 0.25) is 0 Å². The molecule has 0 radical (unpaired) electrons. The third kappa shape index (κ3) is 3.52. The van der Waals surface area contributed by atoms with Gasteiger partial charge in [-0.1, -0.05) is 13.3 Å². The van der Waals surface area contributed by atoms with Crippen molar-refractivity contribution in [3.8, 4) is 5.88 Å². The van der Waals surface area contributed by atoms with Gasteiger partial charge >= 0.3 is 0 Å². The number of rotatable bonds is 4. The fourth-order valence-electron chi connectivity index (χ4n) is 2.67. The molecule has 1 aromatic heterocycles. The maximum absolute atomic E-state index is 5.87. The fourth-order valence-corrected chi connectivity index (χ4v) is 2.67. The Morgan fingerprint density at radius 3 is 2.89 bits per heavy atom. The number of hydrogen-bond donors (Lipinski definition) is 1. The SMILES string of the molecule is CCOc1nc(N2CCCC(CC)CC2)ccc1N. The van der Waals surface area contributed by atoms with Crippen molar-refractivity contribution in [2.45, 2.75) is 39.5 Å². The molecule has 0 spiro atoms. The molecule has 1 atom stereocenters. The molecule has 0 amide bonds. The van der Waals surface area contributed by atoms with Crippen LogP contribution in [0.3, 0.4) is 0 Å². The molecule has 0 aromatic carbocycles. The van der Waals surface area contributed by atoms with Gasteiger partial charge in [-0.05, 0) is 44.2 Å². The molecule has 106 valence electrons. The summed E-state index contributed by atoms with van der Waals surface area (Å²) in [5.74, 6) is 2.43. The van der Waals surface area contributed by atoms with E-state index in [0.717, 1.165) is 24.8 Å². The highest BCUT2D eigenvalue weighted by molar-refractivity contribution is 5.54. The zero-order valence-corrected chi connectivity index (χ0v) is 12.1. The van der Waals surface area contributed by atoms with E-state index in [2.05, 4.69) is 16.8 Å². The lowest BCUT2D eigenvalue weighted by molar-refractivity contribution is 0.329. The molecule has 4 nitrogen and oxygen atoms in total. The molecule has 19 heavy (non-hydrogen) atoms. The van der Waals surface area contributed by atoms with Crippen molar-refractivity contribution in [2.75, 3.05) is 30.3 Å². The average molecular weight is 263 g/mol. The molecule has 2 N–H and O–H groups in total. The third-order valence-corrected chi connectivity index (χ3v) is 3.91. The molecular weight excluding hydrogens is 238 g/mol. The van der Waals surface area contributed by atoms with E-state index in [-0.39, 0.29) is 0 Å². The van der Waals surface area contributed by atoms with E-state index in [4.69, 9.17) is 10.5 Å². The van der Waals surface area contributed by atoms with Gasteiger partial charge in [0.2, 0.25) is 5.88 Å². The zero-order valence-electron chi connectivity index (χ0n) is 12.1. The third-order valence-electron chi connectivity index (χ3n) is 3.91. The van der Waals surface area contributed by atoms with E-state index >= 15 is 0 Å². The van der Waals surface area contributed by atoms with E-state index in [1.54, 1.807) is 0 Å². The minimum absolute atomic E-state index is 0.566. The molecule has 1 saturated heterocycles. The molecule has 1 unspecified atom stereocenters. The highest BCUT2D eigenvalue weighted by Gasteiger charge is 2.17. The van der Waals surface area contributed by atoms with Crippen LogP contribution in [0, 0.1) is 5.92 Å². The summed E-state index contributed by atoms with van der Waals surface area (Å²) in [5.41, 5.74) is 6.49. The number of aromatic nitrogens is 1. The summed E-state index contributed by atoms with van der Waals surface area (Å²) in [4.78, 5) is 6.92. The van der Waals surface area contributed by atoms with Gasteiger partial charge in [0.05, 0.1) is 12.3 Å². The Balaban J connectivity index is 2.10. The van der Waals surface area contributed by atoms with Crippen molar-refractivity contribution >= 4 is 11.5 Å².